The first-order valence-corrected chi connectivity index (χ1v) is 2.72. The Hall–Kier alpha value is -0.570. The van der Waals surface area contributed by atoms with Crippen LogP contribution in [0.2, 0.25) is 0 Å². The van der Waals surface area contributed by atoms with Gasteiger partial charge in [-0.1, -0.05) is 17.8 Å². The highest BCUT2D eigenvalue weighted by molar-refractivity contribution is 7.80. The van der Waals surface area contributed by atoms with E-state index in [0.29, 0.717) is 0 Å². The molecular formula is C5H6NOS. The second-order valence-corrected chi connectivity index (χ2v) is 2.06. The van der Waals surface area contributed by atoms with Crippen molar-refractivity contribution in [2.24, 2.45) is 0 Å². The fourth-order valence-corrected chi connectivity index (χ4v) is 0.549. The number of aryl methyl sites for hydroxylation is 2. The van der Waals surface area contributed by atoms with Gasteiger partial charge in [-0.2, -0.15) is 0 Å². The van der Waals surface area contributed by atoms with Crippen LogP contribution in [0.5, 0.6) is 0 Å². The Balaban J connectivity index is 3.19. The molecule has 0 amide bonds. The van der Waals surface area contributed by atoms with E-state index in [0.717, 1.165) is 16.3 Å². The molecule has 0 saturated heterocycles. The minimum absolute atomic E-state index is 0.734. The molecule has 1 heterocycles. The van der Waals surface area contributed by atoms with E-state index in [-0.39, 0.29) is 0 Å². The van der Waals surface area contributed by atoms with Gasteiger partial charge in [-0.25, -0.2) is 0 Å². The topological polar surface area (TPSA) is 26.0 Å². The van der Waals surface area contributed by atoms with Crippen LogP contribution in [0, 0.1) is 13.8 Å². The molecule has 0 aliphatic rings. The maximum absolute atomic E-state index is 4.87. The van der Waals surface area contributed by atoms with Crippen molar-refractivity contribution in [3.8, 4) is 0 Å². The van der Waals surface area contributed by atoms with Crippen LogP contribution in [0.25, 0.3) is 0 Å². The van der Waals surface area contributed by atoms with E-state index in [2.05, 4.69) is 5.16 Å². The number of rotatable bonds is 0. The van der Waals surface area contributed by atoms with Crippen molar-refractivity contribution in [1.29, 1.82) is 0 Å². The van der Waals surface area contributed by atoms with Crippen molar-refractivity contribution in [1.82, 2.24) is 5.16 Å². The lowest BCUT2D eigenvalue weighted by Gasteiger charge is -1.77. The third kappa shape index (κ3) is 0.690. The van der Waals surface area contributed by atoms with E-state index in [1.165, 1.54) is 0 Å². The fourth-order valence-electron chi connectivity index (χ4n) is 0.475. The summed E-state index contributed by atoms with van der Waals surface area (Å²) in [5.74, 6) is 0.734. The summed E-state index contributed by atoms with van der Waals surface area (Å²) >= 11 is 4.87. The van der Waals surface area contributed by atoms with E-state index < -0.39 is 0 Å². The molecule has 1 aromatic rings. The first kappa shape index (κ1) is 5.56. The predicted molar refractivity (Wildman–Crippen MR) is 31.8 cm³/mol. The van der Waals surface area contributed by atoms with Gasteiger partial charge in [0, 0.05) is 0 Å². The van der Waals surface area contributed by atoms with Gasteiger partial charge in [0.25, 0.3) is 0 Å². The fraction of sp³-hybridized carbons (Fsp3) is 0.400. The van der Waals surface area contributed by atoms with Crippen molar-refractivity contribution in [2.75, 3.05) is 0 Å². The first-order valence-electron chi connectivity index (χ1n) is 2.31. The molecule has 3 heteroatoms. The summed E-state index contributed by atoms with van der Waals surface area (Å²) in [6.07, 6.45) is 0. The molecule has 8 heavy (non-hydrogen) atoms. The third-order valence-electron chi connectivity index (χ3n) is 0.968. The molecule has 0 N–H and O–H groups in total. The Morgan fingerprint density at radius 2 is 2.12 bits per heavy atom. The minimum atomic E-state index is 0.734. The molecule has 1 radical (unpaired) electrons. The summed E-state index contributed by atoms with van der Waals surface area (Å²) < 4.78 is 4.74. The Kier molecular flexibility index (Phi) is 1.21. The second kappa shape index (κ2) is 1.74. The highest BCUT2D eigenvalue weighted by Gasteiger charge is 2.02. The number of hydrogen-bond acceptors (Lipinski definition) is 2. The summed E-state index contributed by atoms with van der Waals surface area (Å²) in [4.78, 5) is 0.741. The number of hydrogen-bond donors (Lipinski definition) is 0. The summed E-state index contributed by atoms with van der Waals surface area (Å²) in [7, 11) is 0. The molecule has 1 rings (SSSR count). The van der Waals surface area contributed by atoms with Gasteiger partial charge in [-0.15, -0.1) is 0 Å². The molecule has 43 valence electrons. The Bertz CT molecular complexity index is 175. The highest BCUT2D eigenvalue weighted by atomic mass is 32.1. The summed E-state index contributed by atoms with van der Waals surface area (Å²) in [5.41, 5.74) is 0.803. The maximum Gasteiger partial charge on any atom is 0.151 e. The Labute approximate surface area is 53.3 Å². The van der Waals surface area contributed by atoms with Gasteiger partial charge >= 0.3 is 0 Å². The molecule has 0 fully saturated rings. The van der Waals surface area contributed by atoms with E-state index in [4.69, 9.17) is 17.2 Å². The van der Waals surface area contributed by atoms with E-state index in [9.17, 15) is 0 Å². The van der Waals surface area contributed by atoms with Crippen molar-refractivity contribution < 1.29 is 4.52 Å². The normalized spacial score (nSPS) is 9.75. The minimum Gasteiger partial charge on any atom is -0.360 e. The number of nitrogens with zero attached hydrogens (tertiary/aromatic N) is 1. The molecule has 0 aliphatic heterocycles. The standard InChI is InChI=1S/C5H6NOS/c1-3-5(8)4(2)7-6-3/h1-2H3. The van der Waals surface area contributed by atoms with Gasteiger partial charge in [0.15, 0.2) is 5.76 Å². The Morgan fingerprint density at radius 1 is 1.50 bits per heavy atom. The van der Waals surface area contributed by atoms with Crippen LogP contribution in [-0.4, -0.2) is 5.16 Å². The Morgan fingerprint density at radius 3 is 2.25 bits per heavy atom. The van der Waals surface area contributed by atoms with Crippen LogP contribution >= 0.6 is 12.6 Å². The first-order chi connectivity index (χ1) is 3.72. The molecule has 0 unspecified atom stereocenters. The largest absolute Gasteiger partial charge is 0.360 e. The van der Waals surface area contributed by atoms with Gasteiger partial charge in [0.1, 0.15) is 4.90 Å². The van der Waals surface area contributed by atoms with Gasteiger partial charge < -0.3 is 4.52 Å². The third-order valence-corrected chi connectivity index (χ3v) is 1.55. The van der Waals surface area contributed by atoms with Gasteiger partial charge in [-0.3, -0.25) is 0 Å². The zero-order chi connectivity index (χ0) is 6.15. The van der Waals surface area contributed by atoms with Crippen molar-refractivity contribution in [3.63, 3.8) is 0 Å². The van der Waals surface area contributed by atoms with E-state index in [1.807, 2.05) is 13.8 Å². The van der Waals surface area contributed by atoms with Crippen molar-refractivity contribution in [3.05, 3.63) is 11.5 Å². The highest BCUT2D eigenvalue weighted by Crippen LogP contribution is 2.15. The van der Waals surface area contributed by atoms with Gasteiger partial charge in [0.2, 0.25) is 0 Å². The lowest BCUT2D eigenvalue weighted by Crippen LogP contribution is -1.67. The molecule has 0 saturated carbocycles. The average molecular weight is 128 g/mol. The summed E-state index contributed by atoms with van der Waals surface area (Å²) in [6, 6.07) is 0. The second-order valence-electron chi connectivity index (χ2n) is 1.65. The molecule has 0 atom stereocenters. The summed E-state index contributed by atoms with van der Waals surface area (Å²) in [5, 5.41) is 3.64. The molecule has 0 bridgehead atoms. The molecule has 1 aromatic heterocycles. The monoisotopic (exact) mass is 128 g/mol. The number of aromatic nitrogens is 1. The maximum atomic E-state index is 4.87. The van der Waals surface area contributed by atoms with Crippen LogP contribution < -0.4 is 0 Å². The van der Waals surface area contributed by atoms with Gasteiger partial charge in [-0.05, 0) is 13.8 Å². The van der Waals surface area contributed by atoms with E-state index >= 15 is 0 Å². The van der Waals surface area contributed by atoms with Crippen LogP contribution in [-0.2, 0) is 0 Å². The molecule has 0 spiro atoms. The van der Waals surface area contributed by atoms with Crippen LogP contribution in [0.15, 0.2) is 9.42 Å². The SMILES string of the molecule is Cc1noc(C)c1[S]. The quantitative estimate of drug-likeness (QED) is 0.533. The zero-order valence-electron chi connectivity index (χ0n) is 4.76. The zero-order valence-corrected chi connectivity index (χ0v) is 5.58. The van der Waals surface area contributed by atoms with Crippen LogP contribution in [0.3, 0.4) is 0 Å². The van der Waals surface area contributed by atoms with E-state index in [1.54, 1.807) is 0 Å². The predicted octanol–water partition coefficient (Wildman–Crippen LogP) is 1.85. The average Bonchev–Trinajstić information content (AvgIpc) is 1.98. The molecule has 0 aromatic carbocycles. The smallest absolute Gasteiger partial charge is 0.151 e. The van der Waals surface area contributed by atoms with Gasteiger partial charge in [0.05, 0.1) is 5.69 Å². The lowest BCUT2D eigenvalue weighted by molar-refractivity contribution is 0.391. The molecule has 2 nitrogen and oxygen atoms in total. The molecule has 0 aliphatic carbocycles. The lowest BCUT2D eigenvalue weighted by atomic mass is 10.4. The van der Waals surface area contributed by atoms with Crippen LogP contribution in [0.4, 0.5) is 0 Å². The van der Waals surface area contributed by atoms with Crippen molar-refractivity contribution in [2.45, 2.75) is 18.7 Å². The molecular weight excluding hydrogens is 122 g/mol. The van der Waals surface area contributed by atoms with Crippen molar-refractivity contribution >= 4 is 12.6 Å². The van der Waals surface area contributed by atoms with Crippen LogP contribution in [0.1, 0.15) is 11.5 Å². The summed E-state index contributed by atoms with van der Waals surface area (Å²) in [6.45, 7) is 3.64.